The Bertz CT molecular complexity index is 687. The second-order valence-corrected chi connectivity index (χ2v) is 14.7. The van der Waals surface area contributed by atoms with Crippen molar-refractivity contribution in [1.82, 2.24) is 5.32 Å². The van der Waals surface area contributed by atoms with Crippen molar-refractivity contribution in [2.75, 3.05) is 6.61 Å². The van der Waals surface area contributed by atoms with E-state index in [4.69, 9.17) is 0 Å². The van der Waals surface area contributed by atoms with Crippen molar-refractivity contribution in [1.29, 1.82) is 0 Å². The summed E-state index contributed by atoms with van der Waals surface area (Å²) in [5.74, 6) is -0.587. The van der Waals surface area contributed by atoms with Gasteiger partial charge in [-0.3, -0.25) is 4.79 Å². The largest absolute Gasteiger partial charge is 0.394 e. The average molecular weight is 682 g/mol. The fourth-order valence-electron chi connectivity index (χ4n) is 6.57. The van der Waals surface area contributed by atoms with Gasteiger partial charge in [-0.1, -0.05) is 193 Å². The summed E-state index contributed by atoms with van der Waals surface area (Å²) in [5.41, 5.74) is 0. The van der Waals surface area contributed by atoms with Crippen molar-refractivity contribution in [3.05, 3.63) is 12.2 Å². The average Bonchev–Trinajstić information content (AvgIpc) is 3.09. The van der Waals surface area contributed by atoms with Crippen LogP contribution in [0.5, 0.6) is 0 Å². The summed E-state index contributed by atoms with van der Waals surface area (Å²) in [5, 5.41) is 43.5. The van der Waals surface area contributed by atoms with Gasteiger partial charge in [-0.2, -0.15) is 0 Å². The molecule has 0 heterocycles. The predicted molar refractivity (Wildman–Crippen MR) is 205 cm³/mol. The molecule has 6 nitrogen and oxygen atoms in total. The maximum atomic E-state index is 12.5. The van der Waals surface area contributed by atoms with Gasteiger partial charge in [0, 0.05) is 0 Å². The normalized spacial score (nSPS) is 14.4. The minimum Gasteiger partial charge on any atom is -0.394 e. The molecular formula is C42H83NO5. The van der Waals surface area contributed by atoms with Crippen LogP contribution in [-0.4, -0.2) is 57.3 Å². The zero-order valence-electron chi connectivity index (χ0n) is 32.0. The molecule has 0 aliphatic carbocycles. The second-order valence-electron chi connectivity index (χ2n) is 14.7. The van der Waals surface area contributed by atoms with Crippen molar-refractivity contribution in [2.45, 2.75) is 244 Å². The standard InChI is InChI=1S/C42H83NO5/c1-3-5-7-9-11-13-15-17-18-19-20-21-22-23-24-26-28-30-32-34-36-40(46)42(48)43-38(37-44)41(47)39(45)35-33-31-29-27-25-16-14-12-10-8-6-4-2/h14,16,38-41,44-47H,3-13,15,17-37H2,1-2H3,(H,43,48). The number of aliphatic hydroxyl groups is 4. The lowest BCUT2D eigenvalue weighted by atomic mass is 9.99. The SMILES string of the molecule is CCCCCCC=CCCCCCCC(O)C(O)C(CO)NC(=O)C(O)CCCCCCCCCCCCCCCCCCCCCC. The number of carbonyl (C=O) groups excluding carboxylic acids is 1. The summed E-state index contributed by atoms with van der Waals surface area (Å²) in [6.07, 6.45) is 39.5. The second kappa shape index (κ2) is 37.3. The van der Waals surface area contributed by atoms with Crippen molar-refractivity contribution in [3.63, 3.8) is 0 Å². The van der Waals surface area contributed by atoms with E-state index >= 15 is 0 Å². The summed E-state index contributed by atoms with van der Waals surface area (Å²) >= 11 is 0. The zero-order chi connectivity index (χ0) is 35.3. The highest BCUT2D eigenvalue weighted by Gasteiger charge is 2.28. The molecule has 48 heavy (non-hydrogen) atoms. The fourth-order valence-corrected chi connectivity index (χ4v) is 6.57. The van der Waals surface area contributed by atoms with Gasteiger partial charge >= 0.3 is 0 Å². The molecular weight excluding hydrogens is 598 g/mol. The smallest absolute Gasteiger partial charge is 0.249 e. The third-order valence-corrected chi connectivity index (χ3v) is 9.98. The summed E-state index contributed by atoms with van der Waals surface area (Å²) in [4.78, 5) is 12.5. The molecule has 0 radical (unpaired) electrons. The number of carbonyl (C=O) groups is 1. The Kier molecular flexibility index (Phi) is 36.6. The lowest BCUT2D eigenvalue weighted by Crippen LogP contribution is -2.53. The van der Waals surface area contributed by atoms with Crippen LogP contribution in [0.2, 0.25) is 0 Å². The third kappa shape index (κ3) is 31.1. The monoisotopic (exact) mass is 682 g/mol. The molecule has 0 aliphatic heterocycles. The molecule has 1 amide bonds. The molecule has 0 aromatic carbocycles. The van der Waals surface area contributed by atoms with E-state index in [1.165, 1.54) is 141 Å². The van der Waals surface area contributed by atoms with Crippen molar-refractivity contribution < 1.29 is 25.2 Å². The van der Waals surface area contributed by atoms with Gasteiger partial charge < -0.3 is 25.7 Å². The van der Waals surface area contributed by atoms with E-state index < -0.39 is 36.9 Å². The number of hydrogen-bond donors (Lipinski definition) is 5. The van der Waals surface area contributed by atoms with Gasteiger partial charge in [-0.25, -0.2) is 0 Å². The van der Waals surface area contributed by atoms with E-state index in [2.05, 4.69) is 31.3 Å². The van der Waals surface area contributed by atoms with E-state index in [9.17, 15) is 25.2 Å². The number of rotatable bonds is 38. The van der Waals surface area contributed by atoms with Gasteiger partial charge in [0.2, 0.25) is 5.91 Å². The first kappa shape index (κ1) is 47.0. The van der Waals surface area contributed by atoms with Gasteiger partial charge in [0.1, 0.15) is 12.2 Å². The first-order valence-electron chi connectivity index (χ1n) is 21.1. The molecule has 0 fully saturated rings. The maximum absolute atomic E-state index is 12.5. The van der Waals surface area contributed by atoms with E-state index in [1.807, 2.05) is 0 Å². The molecule has 4 atom stereocenters. The Morgan fingerprint density at radius 3 is 1.23 bits per heavy atom. The molecule has 6 heteroatoms. The Morgan fingerprint density at radius 1 is 0.500 bits per heavy atom. The van der Waals surface area contributed by atoms with Crippen LogP contribution in [-0.2, 0) is 4.79 Å². The maximum Gasteiger partial charge on any atom is 0.249 e. The number of aliphatic hydroxyl groups excluding tert-OH is 4. The van der Waals surface area contributed by atoms with E-state index in [0.29, 0.717) is 12.8 Å². The minimum atomic E-state index is -1.26. The Hall–Kier alpha value is -0.950. The number of nitrogens with one attached hydrogen (secondary N) is 1. The molecule has 0 bridgehead atoms. The van der Waals surface area contributed by atoms with Gasteiger partial charge in [0.25, 0.3) is 0 Å². The molecule has 0 aromatic rings. The lowest BCUT2D eigenvalue weighted by Gasteiger charge is -2.27. The van der Waals surface area contributed by atoms with Gasteiger partial charge in [-0.05, 0) is 38.5 Å². The van der Waals surface area contributed by atoms with Crippen LogP contribution in [0.25, 0.3) is 0 Å². The Labute approximate surface area is 298 Å². The molecule has 0 aliphatic rings. The summed E-state index contributed by atoms with van der Waals surface area (Å²) in [6.45, 7) is 4.02. The van der Waals surface area contributed by atoms with E-state index in [1.54, 1.807) is 0 Å². The molecule has 0 saturated carbocycles. The number of unbranched alkanes of at least 4 members (excludes halogenated alkanes) is 27. The number of allylic oxidation sites excluding steroid dienone is 2. The van der Waals surface area contributed by atoms with E-state index in [-0.39, 0.29) is 0 Å². The van der Waals surface area contributed by atoms with Crippen LogP contribution < -0.4 is 5.32 Å². The van der Waals surface area contributed by atoms with Crippen LogP contribution in [0.15, 0.2) is 12.2 Å². The highest BCUT2D eigenvalue weighted by molar-refractivity contribution is 5.80. The van der Waals surface area contributed by atoms with Crippen LogP contribution in [0, 0.1) is 0 Å². The summed E-state index contributed by atoms with van der Waals surface area (Å²) in [6, 6.07) is -0.987. The fraction of sp³-hybridized carbons (Fsp3) is 0.929. The van der Waals surface area contributed by atoms with Gasteiger partial charge in [-0.15, -0.1) is 0 Å². The summed E-state index contributed by atoms with van der Waals surface area (Å²) < 4.78 is 0. The van der Waals surface area contributed by atoms with Crippen molar-refractivity contribution in [3.8, 4) is 0 Å². The first-order valence-corrected chi connectivity index (χ1v) is 21.1. The molecule has 0 aromatic heterocycles. The topological polar surface area (TPSA) is 110 Å². The van der Waals surface area contributed by atoms with Gasteiger partial charge in [0.15, 0.2) is 0 Å². The number of amides is 1. The quantitative estimate of drug-likeness (QED) is 0.0329. The third-order valence-electron chi connectivity index (χ3n) is 9.98. The summed E-state index contributed by atoms with van der Waals surface area (Å²) in [7, 11) is 0. The minimum absolute atomic E-state index is 0.371. The molecule has 286 valence electrons. The molecule has 0 spiro atoms. The zero-order valence-corrected chi connectivity index (χ0v) is 32.0. The van der Waals surface area contributed by atoms with Crippen molar-refractivity contribution in [2.24, 2.45) is 0 Å². The van der Waals surface area contributed by atoms with Gasteiger partial charge in [0.05, 0.1) is 18.8 Å². The molecule has 0 rings (SSSR count). The predicted octanol–water partition coefficient (Wildman–Crippen LogP) is 10.6. The highest BCUT2D eigenvalue weighted by atomic mass is 16.3. The Morgan fingerprint density at radius 2 is 0.833 bits per heavy atom. The molecule has 0 saturated heterocycles. The lowest BCUT2D eigenvalue weighted by molar-refractivity contribution is -0.132. The van der Waals surface area contributed by atoms with Crippen LogP contribution in [0.4, 0.5) is 0 Å². The van der Waals surface area contributed by atoms with E-state index in [0.717, 1.165) is 51.4 Å². The molecule has 5 N–H and O–H groups in total. The molecule has 4 unspecified atom stereocenters. The van der Waals surface area contributed by atoms with Crippen LogP contribution in [0.3, 0.4) is 0 Å². The van der Waals surface area contributed by atoms with Crippen LogP contribution in [0.1, 0.15) is 219 Å². The Balaban J connectivity index is 3.71. The first-order chi connectivity index (χ1) is 23.5. The van der Waals surface area contributed by atoms with Crippen molar-refractivity contribution >= 4 is 5.91 Å². The number of hydrogen-bond acceptors (Lipinski definition) is 5. The highest BCUT2D eigenvalue weighted by Crippen LogP contribution is 2.16. The van der Waals surface area contributed by atoms with Crippen LogP contribution >= 0.6 is 0 Å².